The first-order valence-electron chi connectivity index (χ1n) is 9.49. The summed E-state index contributed by atoms with van der Waals surface area (Å²) in [4.78, 5) is 37.0. The van der Waals surface area contributed by atoms with Crippen LogP contribution in [-0.2, 0) is 0 Å². The van der Waals surface area contributed by atoms with Gasteiger partial charge in [0.25, 0.3) is 11.8 Å². The van der Waals surface area contributed by atoms with E-state index in [9.17, 15) is 14.4 Å². The van der Waals surface area contributed by atoms with Gasteiger partial charge in [-0.15, -0.1) is 0 Å². The van der Waals surface area contributed by atoms with Crippen LogP contribution in [0.1, 0.15) is 43.6 Å². The van der Waals surface area contributed by atoms with E-state index in [1.807, 2.05) is 31.2 Å². The van der Waals surface area contributed by atoms with Gasteiger partial charge in [0.2, 0.25) is 0 Å². The molecule has 0 unspecified atom stereocenters. The summed E-state index contributed by atoms with van der Waals surface area (Å²) >= 11 is 0. The van der Waals surface area contributed by atoms with Crippen LogP contribution in [0.2, 0.25) is 0 Å². The Morgan fingerprint density at radius 2 is 1.37 bits per heavy atom. The number of carbonyl (C=O) groups excluding carboxylic acids is 3. The van der Waals surface area contributed by atoms with Crippen molar-refractivity contribution in [3.05, 3.63) is 89.0 Å². The van der Waals surface area contributed by atoms with Gasteiger partial charge in [0.05, 0.1) is 0 Å². The van der Waals surface area contributed by atoms with E-state index < -0.39 is 0 Å². The molecule has 0 bridgehead atoms. The number of benzene rings is 3. The second-order valence-electron chi connectivity index (χ2n) is 6.91. The van der Waals surface area contributed by atoms with Gasteiger partial charge in [0, 0.05) is 40.8 Å². The predicted octanol–water partition coefficient (Wildman–Crippen LogP) is 4.74. The quantitative estimate of drug-likeness (QED) is 0.521. The summed E-state index contributed by atoms with van der Waals surface area (Å²) in [5, 5.41) is 8.69. The van der Waals surface area contributed by atoms with Crippen LogP contribution in [0.4, 0.5) is 17.1 Å². The maximum Gasteiger partial charge on any atom is 0.255 e. The van der Waals surface area contributed by atoms with Crippen molar-refractivity contribution < 1.29 is 14.4 Å². The summed E-state index contributed by atoms with van der Waals surface area (Å²) in [7, 11) is 1.74. The van der Waals surface area contributed by atoms with Gasteiger partial charge in [-0.25, -0.2) is 0 Å². The van der Waals surface area contributed by atoms with Crippen molar-refractivity contribution in [3.63, 3.8) is 0 Å². The molecule has 0 heterocycles. The number of hydrogen-bond donors (Lipinski definition) is 3. The number of Topliss-reactive ketones (excluding diaryl/α,β-unsaturated/α-hetero) is 1. The molecular weight excluding hydrogens is 378 g/mol. The molecular formula is C24H23N3O3. The second kappa shape index (κ2) is 9.05. The normalized spacial score (nSPS) is 10.2. The number of carbonyl (C=O) groups is 3. The molecule has 0 fully saturated rings. The van der Waals surface area contributed by atoms with E-state index in [0.29, 0.717) is 28.1 Å². The summed E-state index contributed by atoms with van der Waals surface area (Å²) in [5.74, 6) is -0.760. The maximum atomic E-state index is 12.8. The molecule has 6 heteroatoms. The van der Waals surface area contributed by atoms with Crippen LogP contribution in [0.5, 0.6) is 0 Å². The van der Waals surface area contributed by atoms with Crippen molar-refractivity contribution in [3.8, 4) is 0 Å². The maximum absolute atomic E-state index is 12.8. The number of ketones is 1. The molecule has 0 aliphatic rings. The SMILES string of the molecule is CNc1cc(NC(=O)c2cccc(C(C)=O)c2)cc(C(=O)Nc2ccccc2C)c1. The third-order valence-electron chi connectivity index (χ3n) is 4.67. The minimum atomic E-state index is -0.364. The Balaban J connectivity index is 1.84. The van der Waals surface area contributed by atoms with Gasteiger partial charge in [-0.2, -0.15) is 0 Å². The molecule has 30 heavy (non-hydrogen) atoms. The molecule has 152 valence electrons. The fourth-order valence-corrected chi connectivity index (χ4v) is 2.97. The lowest BCUT2D eigenvalue weighted by Gasteiger charge is -2.12. The number of amides is 2. The first kappa shape index (κ1) is 20.8. The first-order valence-corrected chi connectivity index (χ1v) is 9.49. The largest absolute Gasteiger partial charge is 0.388 e. The smallest absolute Gasteiger partial charge is 0.255 e. The molecule has 0 aliphatic heterocycles. The highest BCUT2D eigenvalue weighted by Crippen LogP contribution is 2.22. The van der Waals surface area contributed by atoms with Gasteiger partial charge in [-0.05, 0) is 55.8 Å². The topological polar surface area (TPSA) is 87.3 Å². The molecule has 0 saturated carbocycles. The van der Waals surface area contributed by atoms with E-state index in [1.165, 1.54) is 6.92 Å². The van der Waals surface area contributed by atoms with Crippen molar-refractivity contribution in [2.75, 3.05) is 23.0 Å². The first-order chi connectivity index (χ1) is 14.4. The van der Waals surface area contributed by atoms with Crippen LogP contribution in [0.25, 0.3) is 0 Å². The molecule has 0 spiro atoms. The van der Waals surface area contributed by atoms with Gasteiger partial charge in [-0.1, -0.05) is 30.3 Å². The zero-order valence-electron chi connectivity index (χ0n) is 17.1. The van der Waals surface area contributed by atoms with Crippen LogP contribution in [-0.4, -0.2) is 24.6 Å². The summed E-state index contributed by atoms with van der Waals surface area (Å²) in [5.41, 5.74) is 4.06. The van der Waals surface area contributed by atoms with Crippen molar-refractivity contribution in [1.82, 2.24) is 0 Å². The highest BCUT2D eigenvalue weighted by atomic mass is 16.2. The summed E-state index contributed by atoms with van der Waals surface area (Å²) in [6.45, 7) is 3.37. The third kappa shape index (κ3) is 4.91. The molecule has 0 saturated heterocycles. The molecule has 3 aromatic carbocycles. The van der Waals surface area contributed by atoms with Gasteiger partial charge in [0.1, 0.15) is 0 Å². The van der Waals surface area contributed by atoms with Gasteiger partial charge in [-0.3, -0.25) is 14.4 Å². The van der Waals surface area contributed by atoms with Crippen LogP contribution in [0.15, 0.2) is 66.7 Å². The number of para-hydroxylation sites is 1. The Morgan fingerprint density at radius 3 is 2.07 bits per heavy atom. The molecule has 3 rings (SSSR count). The fourth-order valence-electron chi connectivity index (χ4n) is 2.97. The predicted molar refractivity (Wildman–Crippen MR) is 120 cm³/mol. The average molecular weight is 401 g/mol. The Bertz CT molecular complexity index is 1120. The zero-order valence-corrected chi connectivity index (χ0v) is 17.1. The minimum absolute atomic E-state index is 0.114. The monoisotopic (exact) mass is 401 g/mol. The number of rotatable bonds is 6. The van der Waals surface area contributed by atoms with Crippen molar-refractivity contribution in [1.29, 1.82) is 0 Å². The van der Waals surface area contributed by atoms with E-state index in [0.717, 1.165) is 11.3 Å². The molecule has 0 aromatic heterocycles. The van der Waals surface area contributed by atoms with Crippen molar-refractivity contribution in [2.24, 2.45) is 0 Å². The summed E-state index contributed by atoms with van der Waals surface area (Å²) in [6, 6.07) is 19.1. The van der Waals surface area contributed by atoms with Gasteiger partial charge in [0.15, 0.2) is 5.78 Å². The lowest BCUT2D eigenvalue weighted by Crippen LogP contribution is -2.16. The number of anilines is 3. The second-order valence-corrected chi connectivity index (χ2v) is 6.91. The zero-order chi connectivity index (χ0) is 21.7. The molecule has 0 radical (unpaired) electrons. The van der Waals surface area contributed by atoms with Crippen LogP contribution in [0, 0.1) is 6.92 Å². The van der Waals surface area contributed by atoms with Crippen LogP contribution in [0.3, 0.4) is 0 Å². The fraction of sp³-hybridized carbons (Fsp3) is 0.125. The highest BCUT2D eigenvalue weighted by Gasteiger charge is 2.13. The molecule has 2 amide bonds. The molecule has 0 atom stereocenters. The van der Waals surface area contributed by atoms with Crippen LogP contribution >= 0.6 is 0 Å². The Labute approximate surface area is 175 Å². The lowest BCUT2D eigenvalue weighted by atomic mass is 10.1. The molecule has 3 aromatic rings. The standard InChI is InChI=1S/C24H23N3O3/c1-15-7-4-5-10-22(15)27-24(30)19-12-20(25-3)14-21(13-19)26-23(29)18-9-6-8-17(11-18)16(2)28/h4-14,25H,1-3H3,(H,26,29)(H,27,30). The van der Waals surface area contributed by atoms with E-state index >= 15 is 0 Å². The number of aryl methyl sites for hydroxylation is 1. The molecule has 0 aliphatic carbocycles. The molecule has 6 nitrogen and oxygen atoms in total. The summed E-state index contributed by atoms with van der Waals surface area (Å²) < 4.78 is 0. The van der Waals surface area contributed by atoms with E-state index in [4.69, 9.17) is 0 Å². The van der Waals surface area contributed by atoms with Crippen molar-refractivity contribution in [2.45, 2.75) is 13.8 Å². The van der Waals surface area contributed by atoms with Gasteiger partial charge < -0.3 is 16.0 Å². The van der Waals surface area contributed by atoms with E-state index in [2.05, 4.69) is 16.0 Å². The van der Waals surface area contributed by atoms with Crippen LogP contribution < -0.4 is 16.0 Å². The third-order valence-corrected chi connectivity index (χ3v) is 4.67. The highest BCUT2D eigenvalue weighted by molar-refractivity contribution is 6.09. The minimum Gasteiger partial charge on any atom is -0.388 e. The van der Waals surface area contributed by atoms with Crippen molar-refractivity contribution >= 4 is 34.7 Å². The average Bonchev–Trinajstić information content (AvgIpc) is 2.75. The molecule has 3 N–H and O–H groups in total. The Hall–Kier alpha value is -3.93. The van der Waals surface area contributed by atoms with E-state index in [-0.39, 0.29) is 17.6 Å². The Morgan fingerprint density at radius 1 is 0.700 bits per heavy atom. The lowest BCUT2D eigenvalue weighted by molar-refractivity contribution is 0.101. The number of hydrogen-bond acceptors (Lipinski definition) is 4. The Kier molecular flexibility index (Phi) is 6.27. The summed E-state index contributed by atoms with van der Waals surface area (Å²) in [6.07, 6.45) is 0. The van der Waals surface area contributed by atoms with E-state index in [1.54, 1.807) is 49.5 Å². The number of nitrogens with one attached hydrogen (secondary N) is 3. The van der Waals surface area contributed by atoms with Gasteiger partial charge >= 0.3 is 0 Å².